The monoisotopic (exact) mass is 608 g/mol. The maximum Gasteiger partial charge on any atom is 0.193 e. The van der Waals surface area contributed by atoms with Gasteiger partial charge in [-0.05, 0) is 89.9 Å². The molecule has 0 saturated heterocycles. The first-order chi connectivity index (χ1) is 20.1. The van der Waals surface area contributed by atoms with Crippen molar-refractivity contribution in [3.63, 3.8) is 0 Å². The Morgan fingerprint density at radius 1 is 0.714 bits per heavy atom. The van der Waals surface area contributed by atoms with Crippen molar-refractivity contribution in [3.05, 3.63) is 81.4 Å². The number of aromatic nitrogens is 8. The van der Waals surface area contributed by atoms with Crippen molar-refractivity contribution in [1.29, 1.82) is 0 Å². The first-order valence-corrected chi connectivity index (χ1v) is 14.0. The lowest BCUT2D eigenvalue weighted by Gasteiger charge is -2.13. The second-order valence-electron chi connectivity index (χ2n) is 10.3. The van der Waals surface area contributed by atoms with Gasteiger partial charge in [-0.25, -0.2) is 4.68 Å². The van der Waals surface area contributed by atoms with Crippen LogP contribution in [-0.4, -0.2) is 63.5 Å². The maximum atomic E-state index is 12.7. The smallest absolute Gasteiger partial charge is 0.193 e. The molecule has 42 heavy (non-hydrogen) atoms. The Balaban J connectivity index is 0.000000168. The van der Waals surface area contributed by atoms with Crippen LogP contribution < -0.4 is 0 Å². The third kappa shape index (κ3) is 6.66. The second-order valence-corrected chi connectivity index (χ2v) is 11.1. The molecule has 2 aliphatic carbocycles. The summed E-state index contributed by atoms with van der Waals surface area (Å²) >= 11 is 11.7. The lowest BCUT2D eigenvalue weighted by molar-refractivity contribution is -0.121. The molecular weight excluding hydrogens is 583 g/mol. The number of nitrogens with zero attached hydrogens (tertiary/aromatic N) is 8. The van der Waals surface area contributed by atoms with Crippen LogP contribution in [0.15, 0.2) is 48.5 Å². The predicted molar refractivity (Wildman–Crippen MR) is 150 cm³/mol. The van der Waals surface area contributed by atoms with Crippen LogP contribution in [0.5, 0.6) is 0 Å². The van der Waals surface area contributed by atoms with Gasteiger partial charge in [0.2, 0.25) is 0 Å². The van der Waals surface area contributed by atoms with Gasteiger partial charge >= 0.3 is 0 Å². The second kappa shape index (κ2) is 12.4. The highest BCUT2D eigenvalue weighted by molar-refractivity contribution is 6.31. The Morgan fingerprint density at radius 3 is 1.60 bits per heavy atom. The standard InChI is InChI=1S/2C14H13ClN4O2/c1-19-14(16-17-18-19)11(12(20)8-2-3-8)13(21)9-4-6-10(15)7-5-9;1-19-17-14(16-18-19)11(12(20)8-2-3-8)13(21)9-4-6-10(15)7-5-9/h2*4-8,11H,2-3H2,1H3. The number of ketones is 4. The van der Waals surface area contributed by atoms with Crippen molar-refractivity contribution in [2.75, 3.05) is 0 Å². The Bertz CT molecular complexity index is 1630. The molecule has 2 saturated carbocycles. The van der Waals surface area contributed by atoms with Gasteiger partial charge in [-0.2, -0.15) is 4.80 Å². The molecule has 4 aromatic rings. The summed E-state index contributed by atoms with van der Waals surface area (Å²) in [6.45, 7) is 0. The first kappa shape index (κ1) is 29.3. The van der Waals surface area contributed by atoms with Gasteiger partial charge in [-0.15, -0.1) is 15.3 Å². The summed E-state index contributed by atoms with van der Waals surface area (Å²) in [7, 11) is 3.22. The fourth-order valence-corrected chi connectivity index (χ4v) is 4.66. The minimum absolute atomic E-state index is 0.0528. The van der Waals surface area contributed by atoms with Crippen molar-refractivity contribution in [2.24, 2.45) is 25.9 Å². The van der Waals surface area contributed by atoms with E-state index in [-0.39, 0.29) is 46.6 Å². The molecule has 14 heteroatoms. The molecule has 0 spiro atoms. The third-order valence-electron chi connectivity index (χ3n) is 7.00. The number of halogens is 2. The normalized spacial score (nSPS) is 15.7. The van der Waals surface area contributed by atoms with Gasteiger partial charge in [0, 0.05) is 40.1 Å². The summed E-state index contributed by atoms with van der Waals surface area (Å²) < 4.78 is 1.37. The molecular formula is C28H26Cl2N8O4. The van der Waals surface area contributed by atoms with Gasteiger partial charge in [0.05, 0.1) is 7.05 Å². The van der Waals surface area contributed by atoms with E-state index in [9.17, 15) is 19.2 Å². The van der Waals surface area contributed by atoms with Crippen molar-refractivity contribution in [2.45, 2.75) is 37.5 Å². The zero-order valence-corrected chi connectivity index (χ0v) is 24.2. The van der Waals surface area contributed by atoms with E-state index in [0.29, 0.717) is 21.2 Å². The summed E-state index contributed by atoms with van der Waals surface area (Å²) in [5.41, 5.74) is 0.854. The molecule has 2 heterocycles. The van der Waals surface area contributed by atoms with Gasteiger partial charge < -0.3 is 0 Å². The highest BCUT2D eigenvalue weighted by Crippen LogP contribution is 2.37. The fraction of sp³-hybridized carbons (Fsp3) is 0.357. The van der Waals surface area contributed by atoms with E-state index in [1.165, 1.54) is 9.48 Å². The van der Waals surface area contributed by atoms with Crippen molar-refractivity contribution < 1.29 is 19.2 Å². The first-order valence-electron chi connectivity index (χ1n) is 13.3. The topological polar surface area (TPSA) is 155 Å². The summed E-state index contributed by atoms with van der Waals surface area (Å²) in [6, 6.07) is 12.9. The molecule has 216 valence electrons. The number of rotatable bonds is 10. The minimum atomic E-state index is -0.979. The van der Waals surface area contributed by atoms with E-state index in [2.05, 4.69) is 30.9 Å². The molecule has 2 aliphatic rings. The number of aryl methyl sites for hydroxylation is 2. The maximum absolute atomic E-state index is 12.7. The summed E-state index contributed by atoms with van der Waals surface area (Å²) in [5, 5.41) is 23.8. The van der Waals surface area contributed by atoms with E-state index in [1.54, 1.807) is 62.6 Å². The zero-order valence-electron chi connectivity index (χ0n) is 22.7. The van der Waals surface area contributed by atoms with Crippen LogP contribution in [0.3, 0.4) is 0 Å². The summed E-state index contributed by atoms with van der Waals surface area (Å²) in [4.78, 5) is 51.5. The lowest BCUT2D eigenvalue weighted by atomic mass is 9.90. The number of carbonyl (C=O) groups excluding carboxylic acids is 4. The van der Waals surface area contributed by atoms with Gasteiger partial charge in [-0.1, -0.05) is 23.2 Å². The Kier molecular flexibility index (Phi) is 8.64. The van der Waals surface area contributed by atoms with Gasteiger partial charge in [0.1, 0.15) is 11.8 Å². The summed E-state index contributed by atoms with van der Waals surface area (Å²) in [5.74, 6) is -2.42. The number of carbonyl (C=O) groups is 4. The van der Waals surface area contributed by atoms with Crippen LogP contribution in [0.1, 0.15) is 69.9 Å². The molecule has 6 rings (SSSR count). The van der Waals surface area contributed by atoms with Crippen LogP contribution in [0.2, 0.25) is 10.0 Å². The van der Waals surface area contributed by atoms with Gasteiger partial charge in [0.15, 0.2) is 34.8 Å². The molecule has 2 fully saturated rings. The molecule has 0 radical (unpaired) electrons. The van der Waals surface area contributed by atoms with Crippen LogP contribution in [-0.2, 0) is 23.7 Å². The number of Topliss-reactive ketones (excluding diaryl/α,β-unsaturated/α-hetero) is 4. The largest absolute Gasteiger partial charge is 0.298 e. The highest BCUT2D eigenvalue weighted by atomic mass is 35.5. The van der Waals surface area contributed by atoms with Crippen LogP contribution in [0.4, 0.5) is 0 Å². The highest BCUT2D eigenvalue weighted by Gasteiger charge is 2.43. The SMILES string of the molecule is Cn1nnc(C(C(=O)c2ccc(Cl)cc2)C(=O)C2CC2)n1.Cn1nnnc1C(C(=O)c1ccc(Cl)cc1)C(=O)C1CC1. The van der Waals surface area contributed by atoms with E-state index in [1.807, 2.05) is 0 Å². The fourth-order valence-electron chi connectivity index (χ4n) is 4.41. The van der Waals surface area contributed by atoms with Crippen molar-refractivity contribution in [1.82, 2.24) is 40.4 Å². The molecule has 2 aromatic carbocycles. The van der Waals surface area contributed by atoms with Crippen LogP contribution >= 0.6 is 23.2 Å². The lowest BCUT2D eigenvalue weighted by Crippen LogP contribution is -2.26. The quantitative estimate of drug-likeness (QED) is 0.192. The van der Waals surface area contributed by atoms with Crippen molar-refractivity contribution >= 4 is 46.3 Å². The van der Waals surface area contributed by atoms with E-state index in [4.69, 9.17) is 23.2 Å². The molecule has 2 aromatic heterocycles. The minimum Gasteiger partial charge on any atom is -0.298 e. The van der Waals surface area contributed by atoms with Crippen molar-refractivity contribution in [3.8, 4) is 0 Å². The molecule has 0 aliphatic heterocycles. The predicted octanol–water partition coefficient (Wildman–Crippen LogP) is 3.62. The van der Waals surface area contributed by atoms with Crippen LogP contribution in [0, 0.1) is 11.8 Å². The van der Waals surface area contributed by atoms with E-state index >= 15 is 0 Å². The van der Waals surface area contributed by atoms with Crippen LogP contribution in [0.25, 0.3) is 0 Å². The zero-order chi connectivity index (χ0) is 30.0. The molecule has 0 bridgehead atoms. The van der Waals surface area contributed by atoms with Gasteiger partial charge in [-0.3, -0.25) is 19.2 Å². The Labute approximate surface area is 250 Å². The number of hydrogen-bond acceptors (Lipinski definition) is 10. The third-order valence-corrected chi connectivity index (χ3v) is 7.51. The molecule has 2 atom stereocenters. The Morgan fingerprint density at radius 2 is 1.19 bits per heavy atom. The number of benzene rings is 2. The molecule has 0 amide bonds. The number of hydrogen-bond donors (Lipinski definition) is 0. The molecule has 0 N–H and O–H groups in total. The molecule has 12 nitrogen and oxygen atoms in total. The summed E-state index contributed by atoms with van der Waals surface area (Å²) in [6.07, 6.45) is 3.30. The average Bonchev–Trinajstić information content (AvgIpc) is 3.91. The van der Waals surface area contributed by atoms with Gasteiger partial charge in [0.25, 0.3) is 0 Å². The molecule has 2 unspecified atom stereocenters. The van der Waals surface area contributed by atoms with E-state index < -0.39 is 11.8 Å². The Hall–Kier alpha value is -4.16. The number of tetrazole rings is 2. The average molecular weight is 609 g/mol. The van der Waals surface area contributed by atoms with E-state index in [0.717, 1.165) is 25.7 Å².